The first kappa shape index (κ1) is 13.6. The lowest BCUT2D eigenvalue weighted by Crippen LogP contribution is -2.03. The maximum atomic E-state index is 10.5. The molecule has 0 heterocycles. The first-order valence-electron chi connectivity index (χ1n) is 5.39. The van der Waals surface area contributed by atoms with Crippen molar-refractivity contribution in [2.24, 2.45) is 0 Å². The maximum Gasteiger partial charge on any atom is 0.125 e. The Morgan fingerprint density at radius 3 is 2.44 bits per heavy atom. The smallest absolute Gasteiger partial charge is 0.125 e. The molecule has 2 rings (SSSR count). The lowest BCUT2D eigenvalue weighted by Gasteiger charge is -2.16. The Balaban J connectivity index is 2.44. The van der Waals surface area contributed by atoms with Crippen LogP contribution in [-0.2, 0) is 0 Å². The molecule has 0 aliphatic rings. The molecule has 0 aliphatic carbocycles. The zero-order valence-corrected chi connectivity index (χ0v) is 12.9. The van der Waals surface area contributed by atoms with Gasteiger partial charge < -0.3 is 9.84 Å². The number of methoxy groups -OCH3 is 1. The van der Waals surface area contributed by atoms with Gasteiger partial charge >= 0.3 is 0 Å². The van der Waals surface area contributed by atoms with E-state index >= 15 is 0 Å². The van der Waals surface area contributed by atoms with Gasteiger partial charge in [-0.15, -0.1) is 0 Å². The van der Waals surface area contributed by atoms with Crippen molar-refractivity contribution in [2.45, 2.75) is 6.10 Å². The SMILES string of the molecule is COc1ccccc1C(O)c1ccc(Br)cc1Br. The summed E-state index contributed by atoms with van der Waals surface area (Å²) in [7, 11) is 1.60. The van der Waals surface area contributed by atoms with Crippen molar-refractivity contribution >= 4 is 31.9 Å². The third-order valence-corrected chi connectivity index (χ3v) is 3.87. The predicted molar refractivity (Wildman–Crippen MR) is 78.9 cm³/mol. The van der Waals surface area contributed by atoms with Crippen molar-refractivity contribution in [1.82, 2.24) is 0 Å². The van der Waals surface area contributed by atoms with Gasteiger partial charge in [-0.3, -0.25) is 0 Å². The Bertz CT molecular complexity index is 555. The molecule has 1 unspecified atom stereocenters. The Labute approximate surface area is 123 Å². The van der Waals surface area contributed by atoms with Crippen LogP contribution >= 0.6 is 31.9 Å². The molecular formula is C14H12Br2O2. The van der Waals surface area contributed by atoms with Crippen molar-refractivity contribution < 1.29 is 9.84 Å². The van der Waals surface area contributed by atoms with E-state index in [4.69, 9.17) is 4.74 Å². The van der Waals surface area contributed by atoms with Gasteiger partial charge in [0.25, 0.3) is 0 Å². The molecule has 0 saturated heterocycles. The van der Waals surface area contributed by atoms with Gasteiger partial charge in [0.15, 0.2) is 0 Å². The third-order valence-electron chi connectivity index (χ3n) is 2.69. The topological polar surface area (TPSA) is 29.5 Å². The van der Waals surface area contributed by atoms with E-state index in [-0.39, 0.29) is 0 Å². The number of ether oxygens (including phenoxy) is 1. The average Bonchev–Trinajstić information content (AvgIpc) is 2.38. The second-order valence-electron chi connectivity index (χ2n) is 3.81. The fourth-order valence-electron chi connectivity index (χ4n) is 1.78. The molecule has 0 aromatic heterocycles. The van der Waals surface area contributed by atoms with E-state index in [1.54, 1.807) is 7.11 Å². The summed E-state index contributed by atoms with van der Waals surface area (Å²) in [5, 5.41) is 10.5. The minimum atomic E-state index is -0.719. The van der Waals surface area contributed by atoms with Crippen molar-refractivity contribution in [1.29, 1.82) is 0 Å². The second-order valence-corrected chi connectivity index (χ2v) is 5.58. The van der Waals surface area contributed by atoms with Crippen LogP contribution in [0.15, 0.2) is 51.4 Å². The Morgan fingerprint density at radius 1 is 1.06 bits per heavy atom. The highest BCUT2D eigenvalue weighted by molar-refractivity contribution is 9.11. The van der Waals surface area contributed by atoms with E-state index in [0.717, 1.165) is 20.1 Å². The highest BCUT2D eigenvalue weighted by Crippen LogP contribution is 2.34. The summed E-state index contributed by atoms with van der Waals surface area (Å²) in [6.07, 6.45) is -0.719. The number of aliphatic hydroxyl groups excluding tert-OH is 1. The molecular weight excluding hydrogens is 360 g/mol. The zero-order chi connectivity index (χ0) is 13.1. The van der Waals surface area contributed by atoms with Crippen molar-refractivity contribution in [2.75, 3.05) is 7.11 Å². The first-order valence-corrected chi connectivity index (χ1v) is 6.98. The number of aliphatic hydroxyl groups is 1. The number of halogens is 2. The van der Waals surface area contributed by atoms with Gasteiger partial charge in [0.1, 0.15) is 11.9 Å². The van der Waals surface area contributed by atoms with Gasteiger partial charge in [0.05, 0.1) is 7.11 Å². The number of benzene rings is 2. The molecule has 0 saturated carbocycles. The van der Waals surface area contributed by atoms with Crippen molar-refractivity contribution in [3.05, 3.63) is 62.5 Å². The monoisotopic (exact) mass is 370 g/mol. The van der Waals surface area contributed by atoms with Crippen LogP contribution in [0.5, 0.6) is 5.75 Å². The number of rotatable bonds is 3. The van der Waals surface area contributed by atoms with Crippen LogP contribution in [0.4, 0.5) is 0 Å². The highest BCUT2D eigenvalue weighted by atomic mass is 79.9. The van der Waals surface area contributed by atoms with Crippen molar-refractivity contribution in [3.8, 4) is 5.75 Å². The molecule has 2 aromatic carbocycles. The van der Waals surface area contributed by atoms with Gasteiger partial charge in [-0.2, -0.15) is 0 Å². The first-order chi connectivity index (χ1) is 8.63. The fourth-order valence-corrected chi connectivity index (χ4v) is 3.05. The Morgan fingerprint density at radius 2 is 1.78 bits per heavy atom. The second kappa shape index (κ2) is 5.87. The van der Waals surface area contributed by atoms with Gasteiger partial charge in [-0.25, -0.2) is 0 Å². The summed E-state index contributed by atoms with van der Waals surface area (Å²) >= 11 is 6.85. The number of para-hydroxylation sites is 1. The van der Waals surface area contributed by atoms with Gasteiger partial charge in [-0.1, -0.05) is 56.1 Å². The zero-order valence-electron chi connectivity index (χ0n) is 9.73. The lowest BCUT2D eigenvalue weighted by atomic mass is 10.0. The molecule has 2 nitrogen and oxygen atoms in total. The van der Waals surface area contributed by atoms with Crippen LogP contribution in [0.2, 0.25) is 0 Å². The minimum absolute atomic E-state index is 0.680. The van der Waals surface area contributed by atoms with Crippen molar-refractivity contribution in [3.63, 3.8) is 0 Å². The molecule has 0 bridgehead atoms. The average molecular weight is 372 g/mol. The molecule has 1 atom stereocenters. The van der Waals surface area contributed by atoms with Gasteiger partial charge in [0, 0.05) is 14.5 Å². The summed E-state index contributed by atoms with van der Waals surface area (Å²) < 4.78 is 7.09. The third kappa shape index (κ3) is 2.76. The minimum Gasteiger partial charge on any atom is -0.496 e. The van der Waals surface area contributed by atoms with Gasteiger partial charge in [-0.05, 0) is 23.8 Å². The summed E-state index contributed by atoms with van der Waals surface area (Å²) in [4.78, 5) is 0. The van der Waals surface area contributed by atoms with E-state index in [9.17, 15) is 5.11 Å². The normalized spacial score (nSPS) is 12.2. The van der Waals surface area contributed by atoms with Gasteiger partial charge in [0.2, 0.25) is 0 Å². The Kier molecular flexibility index (Phi) is 4.43. The molecule has 94 valence electrons. The van der Waals surface area contributed by atoms with Crippen LogP contribution in [0, 0.1) is 0 Å². The van der Waals surface area contributed by atoms with Crippen LogP contribution in [0.1, 0.15) is 17.2 Å². The molecule has 0 fully saturated rings. The molecule has 0 amide bonds. The van der Waals surface area contributed by atoms with E-state index in [0.29, 0.717) is 5.75 Å². The Hall–Kier alpha value is -0.840. The van der Waals surface area contributed by atoms with Crippen LogP contribution < -0.4 is 4.74 Å². The van der Waals surface area contributed by atoms with Crippen LogP contribution in [0.3, 0.4) is 0 Å². The number of hydrogen-bond donors (Lipinski definition) is 1. The summed E-state index contributed by atoms with van der Waals surface area (Å²) in [6, 6.07) is 13.2. The summed E-state index contributed by atoms with van der Waals surface area (Å²) in [6.45, 7) is 0. The molecule has 18 heavy (non-hydrogen) atoms. The fraction of sp³-hybridized carbons (Fsp3) is 0.143. The largest absolute Gasteiger partial charge is 0.496 e. The molecule has 2 aromatic rings. The number of hydrogen-bond acceptors (Lipinski definition) is 2. The predicted octanol–water partition coefficient (Wildman–Crippen LogP) is 4.30. The molecule has 0 radical (unpaired) electrons. The molecule has 1 N–H and O–H groups in total. The van der Waals surface area contributed by atoms with Crippen LogP contribution in [-0.4, -0.2) is 12.2 Å². The van der Waals surface area contributed by atoms with E-state index in [2.05, 4.69) is 31.9 Å². The summed E-state index contributed by atoms with van der Waals surface area (Å²) in [5.74, 6) is 0.680. The van der Waals surface area contributed by atoms with E-state index < -0.39 is 6.10 Å². The molecule has 0 aliphatic heterocycles. The standard InChI is InChI=1S/C14H12Br2O2/c1-18-13-5-3-2-4-11(13)14(17)10-7-6-9(15)8-12(10)16/h2-8,14,17H,1H3. The highest BCUT2D eigenvalue weighted by Gasteiger charge is 2.17. The summed E-state index contributed by atoms with van der Waals surface area (Å²) in [5.41, 5.74) is 1.56. The maximum absolute atomic E-state index is 10.5. The molecule has 0 spiro atoms. The lowest BCUT2D eigenvalue weighted by molar-refractivity contribution is 0.214. The van der Waals surface area contributed by atoms with E-state index in [1.165, 1.54) is 0 Å². The quantitative estimate of drug-likeness (QED) is 0.871. The van der Waals surface area contributed by atoms with E-state index in [1.807, 2.05) is 42.5 Å². The molecule has 4 heteroatoms. The van der Waals surface area contributed by atoms with Crippen LogP contribution in [0.25, 0.3) is 0 Å².